The van der Waals surface area contributed by atoms with Crippen molar-refractivity contribution in [2.45, 2.75) is 31.8 Å². The second-order valence-electron chi connectivity index (χ2n) is 6.02. The van der Waals surface area contributed by atoms with E-state index in [0.717, 1.165) is 29.4 Å². The van der Waals surface area contributed by atoms with E-state index in [1.807, 2.05) is 12.1 Å². The number of aromatic nitrogens is 4. The lowest BCUT2D eigenvalue weighted by Crippen LogP contribution is -2.39. The van der Waals surface area contributed by atoms with Crippen LogP contribution in [0.2, 0.25) is 0 Å². The highest BCUT2D eigenvalue weighted by Crippen LogP contribution is 2.24. The number of hydrogen-bond acceptors (Lipinski definition) is 4. The van der Waals surface area contributed by atoms with Crippen molar-refractivity contribution < 1.29 is 4.79 Å². The molecule has 1 aliphatic rings. The van der Waals surface area contributed by atoms with E-state index >= 15 is 0 Å². The van der Waals surface area contributed by atoms with Gasteiger partial charge in [-0.3, -0.25) is 9.36 Å². The second-order valence-corrected chi connectivity index (χ2v) is 6.02. The average molecular weight is 324 g/mol. The van der Waals surface area contributed by atoms with Crippen molar-refractivity contribution in [2.24, 2.45) is 0 Å². The number of pyridine rings is 1. The Morgan fingerprint density at radius 2 is 2.38 bits per heavy atom. The number of imidazole rings is 1. The van der Waals surface area contributed by atoms with Crippen molar-refractivity contribution in [3.63, 3.8) is 0 Å². The Balaban J connectivity index is 1.75. The predicted molar refractivity (Wildman–Crippen MR) is 87.2 cm³/mol. The summed E-state index contributed by atoms with van der Waals surface area (Å²) < 4.78 is 1.68. The number of H-pyrrole nitrogens is 2. The Kier molecular flexibility index (Phi) is 3.34. The van der Waals surface area contributed by atoms with E-state index < -0.39 is 0 Å². The molecule has 0 spiro atoms. The number of nitrogens with zero attached hydrogens (tertiary/aromatic N) is 4. The lowest BCUT2D eigenvalue weighted by atomic mass is 10.2. The zero-order valence-electron chi connectivity index (χ0n) is 13.0. The standard InChI is InChI=1S/C16H16N6O2/c17-5-3-13(23)21-7-1-2-10(21)9-22-14-11-4-6-18-15(11)19-8-12(14)20-16(22)24/h4,6,8,10H,1-3,7,9H2,(H,18,19)(H,20,24). The van der Waals surface area contributed by atoms with Crippen molar-refractivity contribution in [1.82, 2.24) is 24.4 Å². The maximum absolute atomic E-state index is 12.4. The summed E-state index contributed by atoms with van der Waals surface area (Å²) in [6.45, 7) is 1.06. The number of nitrogens with one attached hydrogen (secondary N) is 2. The van der Waals surface area contributed by atoms with Crippen LogP contribution in [0.3, 0.4) is 0 Å². The molecule has 2 N–H and O–H groups in total. The highest BCUT2D eigenvalue weighted by Gasteiger charge is 2.29. The largest absolute Gasteiger partial charge is 0.346 e. The molecule has 122 valence electrons. The van der Waals surface area contributed by atoms with Gasteiger partial charge in [0.05, 0.1) is 23.3 Å². The zero-order chi connectivity index (χ0) is 16.7. The summed E-state index contributed by atoms with van der Waals surface area (Å²) in [5, 5.41) is 9.63. The molecule has 1 aliphatic heterocycles. The van der Waals surface area contributed by atoms with Crippen LogP contribution in [0.1, 0.15) is 19.3 Å². The molecule has 3 aromatic heterocycles. The Morgan fingerprint density at radius 3 is 3.21 bits per heavy atom. The van der Waals surface area contributed by atoms with Gasteiger partial charge in [0.15, 0.2) is 0 Å². The van der Waals surface area contributed by atoms with E-state index in [-0.39, 0.29) is 24.1 Å². The number of aromatic amines is 2. The molecule has 4 rings (SSSR count). The summed E-state index contributed by atoms with van der Waals surface area (Å²) in [4.78, 5) is 36.4. The number of fused-ring (bicyclic) bond motifs is 3. The number of amides is 1. The predicted octanol–water partition coefficient (Wildman–Crippen LogP) is 1.11. The molecule has 3 aromatic rings. The number of rotatable bonds is 3. The summed E-state index contributed by atoms with van der Waals surface area (Å²) in [6, 6.07) is 3.73. The van der Waals surface area contributed by atoms with Gasteiger partial charge in [-0.2, -0.15) is 5.26 Å². The summed E-state index contributed by atoms with van der Waals surface area (Å²) in [5.41, 5.74) is 1.99. The lowest BCUT2D eigenvalue weighted by Gasteiger charge is -2.24. The quantitative estimate of drug-likeness (QED) is 0.751. The zero-order valence-corrected chi connectivity index (χ0v) is 13.0. The molecular formula is C16H16N6O2. The van der Waals surface area contributed by atoms with Gasteiger partial charge >= 0.3 is 5.69 Å². The minimum Gasteiger partial charge on any atom is -0.346 e. The van der Waals surface area contributed by atoms with Crippen molar-refractivity contribution in [3.8, 4) is 6.07 Å². The monoisotopic (exact) mass is 324 g/mol. The van der Waals surface area contributed by atoms with E-state index in [9.17, 15) is 9.59 Å². The first kappa shape index (κ1) is 14.5. The molecule has 0 aromatic carbocycles. The Hall–Kier alpha value is -3.08. The molecule has 8 heteroatoms. The first-order chi connectivity index (χ1) is 11.7. The molecular weight excluding hydrogens is 308 g/mol. The lowest BCUT2D eigenvalue weighted by molar-refractivity contribution is -0.131. The van der Waals surface area contributed by atoms with Crippen molar-refractivity contribution in [2.75, 3.05) is 6.54 Å². The summed E-state index contributed by atoms with van der Waals surface area (Å²) in [5.74, 6) is -0.165. The molecule has 0 aliphatic carbocycles. The third-order valence-corrected chi connectivity index (χ3v) is 4.64. The molecule has 8 nitrogen and oxygen atoms in total. The third-order valence-electron chi connectivity index (χ3n) is 4.64. The fraction of sp³-hybridized carbons (Fsp3) is 0.375. The van der Waals surface area contributed by atoms with E-state index in [2.05, 4.69) is 15.0 Å². The van der Waals surface area contributed by atoms with Crippen LogP contribution in [0.25, 0.3) is 22.1 Å². The number of likely N-dealkylation sites (tertiary alicyclic amines) is 1. The van der Waals surface area contributed by atoms with Gasteiger partial charge in [0, 0.05) is 30.7 Å². The van der Waals surface area contributed by atoms with Crippen LogP contribution in [0, 0.1) is 11.3 Å². The fourth-order valence-corrected chi connectivity index (χ4v) is 3.57. The molecule has 1 amide bonds. The molecule has 0 bridgehead atoms. The molecule has 0 saturated carbocycles. The van der Waals surface area contributed by atoms with Gasteiger partial charge < -0.3 is 14.9 Å². The van der Waals surface area contributed by atoms with E-state index in [1.54, 1.807) is 21.9 Å². The van der Waals surface area contributed by atoms with Crippen LogP contribution in [0.5, 0.6) is 0 Å². The van der Waals surface area contributed by atoms with E-state index in [0.29, 0.717) is 18.6 Å². The summed E-state index contributed by atoms with van der Waals surface area (Å²) in [6.07, 6.45) is 5.03. The smallest absolute Gasteiger partial charge is 0.326 e. The number of nitriles is 1. The first-order valence-electron chi connectivity index (χ1n) is 7.90. The van der Waals surface area contributed by atoms with Crippen LogP contribution in [0.15, 0.2) is 23.3 Å². The van der Waals surface area contributed by atoms with Crippen LogP contribution < -0.4 is 5.69 Å². The molecule has 24 heavy (non-hydrogen) atoms. The summed E-state index contributed by atoms with van der Waals surface area (Å²) >= 11 is 0. The van der Waals surface area contributed by atoms with Gasteiger partial charge in [0.2, 0.25) is 5.91 Å². The summed E-state index contributed by atoms with van der Waals surface area (Å²) in [7, 11) is 0. The van der Waals surface area contributed by atoms with E-state index in [1.165, 1.54) is 0 Å². The maximum Gasteiger partial charge on any atom is 0.326 e. The van der Waals surface area contributed by atoms with Crippen molar-refractivity contribution in [3.05, 3.63) is 28.9 Å². The van der Waals surface area contributed by atoms with Gasteiger partial charge in [-0.15, -0.1) is 0 Å². The first-order valence-corrected chi connectivity index (χ1v) is 7.90. The van der Waals surface area contributed by atoms with Crippen LogP contribution in [0.4, 0.5) is 0 Å². The average Bonchev–Trinajstić information content (AvgIpc) is 3.27. The second kappa shape index (κ2) is 5.53. The third kappa shape index (κ3) is 2.17. The topological polar surface area (TPSA) is 111 Å². The Morgan fingerprint density at radius 1 is 1.50 bits per heavy atom. The Labute approximate surface area is 136 Å². The fourth-order valence-electron chi connectivity index (χ4n) is 3.57. The van der Waals surface area contributed by atoms with Gasteiger partial charge in [0.1, 0.15) is 12.1 Å². The molecule has 1 atom stereocenters. The van der Waals surface area contributed by atoms with Crippen molar-refractivity contribution >= 4 is 28.0 Å². The molecule has 1 saturated heterocycles. The van der Waals surface area contributed by atoms with Crippen LogP contribution in [-0.2, 0) is 11.3 Å². The van der Waals surface area contributed by atoms with Crippen molar-refractivity contribution in [1.29, 1.82) is 5.26 Å². The highest BCUT2D eigenvalue weighted by molar-refractivity contribution is 6.00. The highest BCUT2D eigenvalue weighted by atomic mass is 16.2. The minimum absolute atomic E-state index is 0.0651. The maximum atomic E-state index is 12.4. The van der Waals surface area contributed by atoms with Gasteiger partial charge in [-0.1, -0.05) is 0 Å². The van der Waals surface area contributed by atoms with Gasteiger partial charge in [-0.05, 0) is 18.9 Å². The number of hydrogen-bond donors (Lipinski definition) is 2. The molecule has 1 fully saturated rings. The van der Waals surface area contributed by atoms with Gasteiger partial charge in [-0.25, -0.2) is 9.78 Å². The van der Waals surface area contributed by atoms with Gasteiger partial charge in [0.25, 0.3) is 0 Å². The van der Waals surface area contributed by atoms with Crippen LogP contribution >= 0.6 is 0 Å². The SMILES string of the molecule is N#CCC(=O)N1CCCC1Cn1c(=O)[nH]c2cnc3[nH]ccc3c21. The minimum atomic E-state index is -0.208. The normalized spacial score (nSPS) is 17.6. The Bertz CT molecular complexity index is 1020. The molecule has 1 unspecified atom stereocenters. The molecule has 4 heterocycles. The number of carbonyl (C=O) groups is 1. The van der Waals surface area contributed by atoms with E-state index in [4.69, 9.17) is 5.26 Å². The number of carbonyl (C=O) groups excluding carboxylic acids is 1. The van der Waals surface area contributed by atoms with Crippen LogP contribution in [-0.4, -0.2) is 42.9 Å². The molecule has 0 radical (unpaired) electrons.